The number of likely N-dealkylation sites (tertiary alicyclic amines) is 1. The Morgan fingerprint density at radius 2 is 2.00 bits per heavy atom. The number of aromatic nitrogens is 1. The number of fused-ring (bicyclic) bond motifs is 2. The minimum absolute atomic E-state index is 0.0232. The van der Waals surface area contributed by atoms with Crippen molar-refractivity contribution in [1.82, 2.24) is 20.1 Å². The lowest BCUT2D eigenvalue weighted by atomic mass is 9.94. The fourth-order valence-corrected chi connectivity index (χ4v) is 5.55. The quantitative estimate of drug-likeness (QED) is 0.678. The van der Waals surface area contributed by atoms with Crippen LogP contribution in [0.4, 0.5) is 15.3 Å². The molecule has 2 fully saturated rings. The van der Waals surface area contributed by atoms with Gasteiger partial charge in [-0.05, 0) is 62.4 Å². The molecule has 1 unspecified atom stereocenters. The van der Waals surface area contributed by atoms with Crippen molar-refractivity contribution in [3.8, 4) is 0 Å². The molecule has 188 valence electrons. The minimum Gasteiger partial charge on any atom is -0.427 e. The summed E-state index contributed by atoms with van der Waals surface area (Å²) in [7, 11) is 1.52. The van der Waals surface area contributed by atoms with Gasteiger partial charge in [-0.3, -0.25) is 14.6 Å². The zero-order valence-corrected chi connectivity index (χ0v) is 20.5. The topological polar surface area (TPSA) is 121 Å². The number of nitrogens with zero attached hydrogens (tertiary/aromatic N) is 3. The Hall–Kier alpha value is -3.95. The SMILES string of the molecule is CNC(=O)Nc1ccc2c(c1)CCC21OC(=O)N(CC(=O)N2[C@H](C)CC[C@@H]2c2ccc(C)nc2)C1=O. The third-order valence-corrected chi connectivity index (χ3v) is 7.41. The summed E-state index contributed by atoms with van der Waals surface area (Å²) in [5.41, 5.74) is 2.39. The molecule has 2 aromatic rings. The second kappa shape index (κ2) is 8.92. The lowest BCUT2D eigenvalue weighted by molar-refractivity contribution is -0.143. The first kappa shape index (κ1) is 23.8. The molecule has 2 N–H and O–H groups in total. The van der Waals surface area contributed by atoms with Gasteiger partial charge in [0, 0.05) is 42.7 Å². The molecule has 3 aliphatic rings. The van der Waals surface area contributed by atoms with Gasteiger partial charge in [0.2, 0.25) is 11.5 Å². The number of urea groups is 1. The molecular weight excluding hydrogens is 462 g/mol. The third kappa shape index (κ3) is 3.86. The molecule has 3 atom stereocenters. The van der Waals surface area contributed by atoms with Gasteiger partial charge < -0.3 is 20.3 Å². The van der Waals surface area contributed by atoms with Crippen molar-refractivity contribution in [3.63, 3.8) is 0 Å². The largest absolute Gasteiger partial charge is 0.427 e. The molecule has 1 aliphatic carbocycles. The molecule has 10 heteroatoms. The van der Waals surface area contributed by atoms with Gasteiger partial charge in [0.25, 0.3) is 5.91 Å². The molecule has 0 radical (unpaired) electrons. The molecule has 1 spiro atoms. The summed E-state index contributed by atoms with van der Waals surface area (Å²) >= 11 is 0. The second-order valence-corrected chi connectivity index (χ2v) is 9.64. The number of ether oxygens (including phenoxy) is 1. The smallest absolute Gasteiger partial charge is 0.418 e. The summed E-state index contributed by atoms with van der Waals surface area (Å²) in [5, 5.41) is 5.19. The lowest BCUT2D eigenvalue weighted by Gasteiger charge is -2.30. The molecule has 0 saturated carbocycles. The minimum atomic E-state index is -1.44. The number of hydrogen-bond acceptors (Lipinski definition) is 6. The molecule has 5 rings (SSSR count). The highest BCUT2D eigenvalue weighted by Crippen LogP contribution is 2.46. The van der Waals surface area contributed by atoms with E-state index < -0.39 is 17.6 Å². The van der Waals surface area contributed by atoms with Crippen LogP contribution in [0.25, 0.3) is 0 Å². The standard InChI is InChI=1S/C26H29N5O5/c1-15-4-6-18(13-28-15)21-9-5-16(2)31(21)22(32)14-30-23(33)26(36-25(30)35)11-10-17-12-19(7-8-20(17)26)29-24(34)27-3/h4,6-8,12-13,16,21H,5,9-11,14H2,1-3H3,(H2,27,29,34)/t16-,21-,26?/m1/s1. The molecule has 5 amide bonds. The van der Waals surface area contributed by atoms with E-state index in [4.69, 9.17) is 4.74 Å². The molecule has 2 aliphatic heterocycles. The number of carbonyl (C=O) groups excluding carboxylic acids is 4. The monoisotopic (exact) mass is 491 g/mol. The number of hydrogen-bond donors (Lipinski definition) is 2. The first-order valence-corrected chi connectivity index (χ1v) is 12.1. The van der Waals surface area contributed by atoms with Gasteiger partial charge >= 0.3 is 12.1 Å². The first-order valence-electron chi connectivity index (χ1n) is 12.1. The van der Waals surface area contributed by atoms with Gasteiger partial charge in [-0.25, -0.2) is 14.5 Å². The van der Waals surface area contributed by atoms with E-state index in [1.165, 1.54) is 7.05 Å². The van der Waals surface area contributed by atoms with E-state index >= 15 is 0 Å². The number of rotatable bonds is 4. The average Bonchev–Trinajstić information content (AvgIpc) is 3.49. The molecule has 3 heterocycles. The second-order valence-electron chi connectivity index (χ2n) is 9.64. The number of imide groups is 1. The highest BCUT2D eigenvalue weighted by Gasteiger charge is 2.58. The van der Waals surface area contributed by atoms with Gasteiger partial charge in [0.15, 0.2) is 0 Å². The van der Waals surface area contributed by atoms with Crippen LogP contribution in [-0.2, 0) is 26.3 Å². The van der Waals surface area contributed by atoms with Crippen molar-refractivity contribution >= 4 is 29.6 Å². The maximum absolute atomic E-state index is 13.6. The van der Waals surface area contributed by atoms with Gasteiger partial charge in [-0.1, -0.05) is 12.1 Å². The normalized spacial score (nSPS) is 24.8. The number of aryl methyl sites for hydroxylation is 2. The zero-order valence-electron chi connectivity index (χ0n) is 20.5. The summed E-state index contributed by atoms with van der Waals surface area (Å²) in [6.45, 7) is 3.51. The van der Waals surface area contributed by atoms with Gasteiger partial charge in [-0.2, -0.15) is 0 Å². The van der Waals surface area contributed by atoms with Crippen molar-refractivity contribution in [1.29, 1.82) is 0 Å². The Bertz CT molecular complexity index is 1250. The van der Waals surface area contributed by atoms with Crippen LogP contribution >= 0.6 is 0 Å². The summed E-state index contributed by atoms with van der Waals surface area (Å²) in [4.78, 5) is 58.6. The maximum Gasteiger partial charge on any atom is 0.418 e. The number of nitrogens with one attached hydrogen (secondary N) is 2. The number of pyridine rings is 1. The van der Waals surface area contributed by atoms with Crippen molar-refractivity contribution in [2.45, 2.75) is 57.2 Å². The van der Waals surface area contributed by atoms with Crippen molar-refractivity contribution in [3.05, 3.63) is 58.9 Å². The Kier molecular flexibility index (Phi) is 5.89. The van der Waals surface area contributed by atoms with Gasteiger partial charge in [0.05, 0.1) is 6.04 Å². The maximum atomic E-state index is 13.6. The van der Waals surface area contributed by atoms with Crippen LogP contribution in [0.3, 0.4) is 0 Å². The molecule has 2 saturated heterocycles. The summed E-state index contributed by atoms with van der Waals surface area (Å²) < 4.78 is 5.68. The van der Waals surface area contributed by atoms with Crippen LogP contribution in [0.15, 0.2) is 36.5 Å². The Morgan fingerprint density at radius 3 is 2.72 bits per heavy atom. The number of carbonyl (C=O) groups is 4. The molecular formula is C26H29N5O5. The van der Waals surface area contributed by atoms with Crippen molar-refractivity contribution in [2.75, 3.05) is 18.9 Å². The van der Waals surface area contributed by atoms with Crippen LogP contribution in [0.1, 0.15) is 54.6 Å². The Morgan fingerprint density at radius 1 is 1.19 bits per heavy atom. The van der Waals surface area contributed by atoms with Crippen LogP contribution in [-0.4, -0.2) is 58.4 Å². The highest BCUT2D eigenvalue weighted by molar-refractivity contribution is 6.06. The van der Waals surface area contributed by atoms with Crippen molar-refractivity contribution < 1.29 is 23.9 Å². The number of anilines is 1. The molecule has 10 nitrogen and oxygen atoms in total. The van der Waals surface area contributed by atoms with E-state index in [1.54, 1.807) is 29.3 Å². The number of amides is 5. The zero-order chi connectivity index (χ0) is 25.6. The summed E-state index contributed by atoms with van der Waals surface area (Å²) in [6.07, 6.45) is 3.38. The molecule has 36 heavy (non-hydrogen) atoms. The van der Waals surface area contributed by atoms with Crippen LogP contribution < -0.4 is 10.6 Å². The summed E-state index contributed by atoms with van der Waals surface area (Å²) in [5.74, 6) is -0.816. The van der Waals surface area contributed by atoms with Gasteiger partial charge in [0.1, 0.15) is 6.54 Å². The van der Waals surface area contributed by atoms with E-state index in [9.17, 15) is 19.2 Å². The molecule has 1 aromatic heterocycles. The molecule has 0 bridgehead atoms. The van der Waals surface area contributed by atoms with E-state index in [-0.39, 0.29) is 30.6 Å². The predicted octanol–water partition coefficient (Wildman–Crippen LogP) is 3.01. The third-order valence-electron chi connectivity index (χ3n) is 7.41. The van der Waals surface area contributed by atoms with E-state index in [0.29, 0.717) is 24.1 Å². The Balaban J connectivity index is 1.35. The predicted molar refractivity (Wildman–Crippen MR) is 130 cm³/mol. The highest BCUT2D eigenvalue weighted by atomic mass is 16.6. The lowest BCUT2D eigenvalue weighted by Crippen LogP contribution is -2.46. The van der Waals surface area contributed by atoms with Crippen LogP contribution in [0, 0.1) is 6.92 Å². The van der Waals surface area contributed by atoms with Crippen LogP contribution in [0.2, 0.25) is 0 Å². The van der Waals surface area contributed by atoms with Gasteiger partial charge in [-0.15, -0.1) is 0 Å². The van der Waals surface area contributed by atoms with Crippen LogP contribution in [0.5, 0.6) is 0 Å². The fourth-order valence-electron chi connectivity index (χ4n) is 5.55. The first-order chi connectivity index (χ1) is 17.2. The fraction of sp³-hybridized carbons (Fsp3) is 0.423. The Labute approximate surface area is 209 Å². The van der Waals surface area contributed by atoms with E-state index in [1.807, 2.05) is 26.0 Å². The van der Waals surface area contributed by atoms with E-state index in [2.05, 4.69) is 15.6 Å². The van der Waals surface area contributed by atoms with Crippen molar-refractivity contribution in [2.24, 2.45) is 0 Å². The number of benzene rings is 1. The average molecular weight is 492 g/mol. The summed E-state index contributed by atoms with van der Waals surface area (Å²) in [6, 6.07) is 8.51. The molecule has 1 aromatic carbocycles. The van der Waals surface area contributed by atoms with E-state index in [0.717, 1.165) is 34.6 Å².